The quantitative estimate of drug-likeness (QED) is 0.367. The topological polar surface area (TPSA) is 81.8 Å². The maximum absolute atomic E-state index is 4.76. The van der Waals surface area contributed by atoms with Gasteiger partial charge in [0.25, 0.3) is 0 Å². The first-order valence-electron chi connectivity index (χ1n) is 9.44. The third kappa shape index (κ3) is 4.95. The van der Waals surface area contributed by atoms with Crippen molar-refractivity contribution in [3.05, 3.63) is 30.6 Å². The molecule has 2 aliphatic rings. The van der Waals surface area contributed by atoms with Crippen molar-refractivity contribution in [2.45, 2.75) is 27.3 Å². The normalized spacial score (nSPS) is 18.1. The molecule has 0 amide bonds. The molecular formula is C18H21N7Se4. The van der Waals surface area contributed by atoms with Gasteiger partial charge >= 0.3 is 193 Å². The molecule has 2 aliphatic heterocycles. The first kappa shape index (κ1) is 20.2. The van der Waals surface area contributed by atoms with E-state index in [2.05, 4.69) is 54.8 Å². The van der Waals surface area contributed by atoms with Crippen LogP contribution >= 0.6 is 0 Å². The van der Waals surface area contributed by atoms with Crippen molar-refractivity contribution in [3.8, 4) is 0 Å². The van der Waals surface area contributed by atoms with E-state index in [0.717, 1.165) is 69.5 Å². The molecule has 4 heterocycles. The number of fused-ring (bicyclic) bond motifs is 1. The second-order valence-corrected chi connectivity index (χ2v) is 22.1. The summed E-state index contributed by atoms with van der Waals surface area (Å²) in [6.45, 7) is 2.40. The molecule has 2 aromatic heterocycles. The van der Waals surface area contributed by atoms with Crippen LogP contribution in [0.2, 0.25) is 21.3 Å². The number of anilines is 4. The van der Waals surface area contributed by atoms with Crippen molar-refractivity contribution in [1.29, 1.82) is 0 Å². The standard InChI is InChI=1S/C18H21N7Se4/c1-3-14(25-5-7-26-27-8-6-25)4-2-12(1)22-18-23-16-15(19-11-20-16)17(24-18)21-13-9-28-29-10-13/h1-4,11,13H,5-10H2,(H3,19,20,21,22,23,24). The van der Waals surface area contributed by atoms with Crippen LogP contribution in [-0.4, -0.2) is 91.6 Å². The Kier molecular flexibility index (Phi) is 6.67. The van der Waals surface area contributed by atoms with Crippen LogP contribution in [0.15, 0.2) is 30.6 Å². The van der Waals surface area contributed by atoms with Crippen LogP contribution in [0.5, 0.6) is 0 Å². The zero-order valence-corrected chi connectivity index (χ0v) is 22.5. The van der Waals surface area contributed by atoms with Crippen molar-refractivity contribution in [2.75, 3.05) is 28.6 Å². The van der Waals surface area contributed by atoms with Crippen LogP contribution in [0.1, 0.15) is 0 Å². The molecule has 2 fully saturated rings. The Labute approximate surface area is 192 Å². The first-order valence-corrected chi connectivity index (χ1v) is 22.9. The van der Waals surface area contributed by atoms with Gasteiger partial charge in [0.15, 0.2) is 0 Å². The minimum absolute atomic E-state index is 0.542. The van der Waals surface area contributed by atoms with E-state index in [1.54, 1.807) is 6.33 Å². The molecule has 152 valence electrons. The maximum atomic E-state index is 4.76. The number of aromatic nitrogens is 4. The number of hydrogen-bond donors (Lipinski definition) is 3. The molecule has 1 aromatic carbocycles. The fourth-order valence-corrected chi connectivity index (χ4v) is 17.5. The number of nitrogens with one attached hydrogen (secondary N) is 3. The molecular weight excluding hydrogens is 630 g/mol. The third-order valence-electron chi connectivity index (χ3n) is 4.71. The van der Waals surface area contributed by atoms with Gasteiger partial charge < -0.3 is 0 Å². The van der Waals surface area contributed by atoms with Crippen molar-refractivity contribution < 1.29 is 0 Å². The number of nitrogens with zero attached hydrogens (tertiary/aromatic N) is 4. The average Bonchev–Trinajstić information content (AvgIpc) is 3.35. The summed E-state index contributed by atoms with van der Waals surface area (Å²) in [5.74, 6) is 1.45. The summed E-state index contributed by atoms with van der Waals surface area (Å²) in [4.78, 5) is 19.4. The van der Waals surface area contributed by atoms with E-state index in [0.29, 0.717) is 17.6 Å². The average molecular weight is 651 g/mol. The van der Waals surface area contributed by atoms with E-state index in [-0.39, 0.29) is 0 Å². The Hall–Kier alpha value is -0.752. The third-order valence-corrected chi connectivity index (χ3v) is 19.4. The molecule has 2 saturated heterocycles. The Balaban J connectivity index is 1.34. The van der Waals surface area contributed by atoms with Crippen LogP contribution < -0.4 is 15.5 Å². The van der Waals surface area contributed by atoms with Crippen LogP contribution in [0.3, 0.4) is 0 Å². The Bertz CT molecular complexity index is 951. The van der Waals surface area contributed by atoms with Crippen molar-refractivity contribution in [3.63, 3.8) is 0 Å². The first-order chi connectivity index (χ1) is 14.3. The zero-order chi connectivity index (χ0) is 19.5. The van der Waals surface area contributed by atoms with Crippen molar-refractivity contribution in [2.24, 2.45) is 0 Å². The van der Waals surface area contributed by atoms with Gasteiger partial charge in [-0.05, 0) is 0 Å². The molecule has 5 rings (SSSR count). The van der Waals surface area contributed by atoms with Crippen LogP contribution in [0.4, 0.5) is 23.1 Å². The van der Waals surface area contributed by atoms with Crippen LogP contribution in [0, 0.1) is 0 Å². The van der Waals surface area contributed by atoms with Gasteiger partial charge in [0.1, 0.15) is 0 Å². The number of hydrogen-bond acceptors (Lipinski definition) is 6. The number of H-pyrrole nitrogens is 1. The van der Waals surface area contributed by atoms with Gasteiger partial charge in [0.05, 0.1) is 0 Å². The predicted octanol–water partition coefficient (Wildman–Crippen LogP) is 2.03. The van der Waals surface area contributed by atoms with E-state index < -0.39 is 0 Å². The summed E-state index contributed by atoms with van der Waals surface area (Å²) >= 11 is 3.42. The van der Waals surface area contributed by atoms with Gasteiger partial charge in [-0.1, -0.05) is 0 Å². The molecule has 11 heteroatoms. The number of aromatic amines is 1. The van der Waals surface area contributed by atoms with Gasteiger partial charge in [-0.25, -0.2) is 0 Å². The molecule has 3 aromatic rings. The fraction of sp³-hybridized carbons (Fsp3) is 0.389. The summed E-state index contributed by atoms with van der Waals surface area (Å²) < 4.78 is 0. The summed E-state index contributed by atoms with van der Waals surface area (Å²) in [6.07, 6.45) is 1.69. The van der Waals surface area contributed by atoms with Gasteiger partial charge in [0.2, 0.25) is 0 Å². The number of rotatable bonds is 5. The monoisotopic (exact) mass is 655 g/mol. The fourth-order valence-electron chi connectivity index (χ4n) is 3.25. The second-order valence-electron chi connectivity index (χ2n) is 6.71. The molecule has 0 radical (unpaired) electrons. The van der Waals surface area contributed by atoms with E-state index in [1.807, 2.05) is 0 Å². The number of benzene rings is 1. The van der Waals surface area contributed by atoms with E-state index in [1.165, 1.54) is 40.1 Å². The number of imidazole rings is 1. The Morgan fingerprint density at radius 2 is 1.72 bits per heavy atom. The van der Waals surface area contributed by atoms with Gasteiger partial charge in [-0.3, -0.25) is 0 Å². The second kappa shape index (κ2) is 9.59. The molecule has 0 aliphatic carbocycles. The SMILES string of the molecule is c1nc2nc(Nc3ccc(N4CC[Se][Se]CC4)cc3)nc(NC3C[Se][Se]C3)c2[nH]1. The summed E-state index contributed by atoms with van der Waals surface area (Å²) in [5, 5.41) is 12.3. The molecule has 3 N–H and O–H groups in total. The van der Waals surface area contributed by atoms with Crippen LogP contribution in [-0.2, 0) is 0 Å². The molecule has 0 spiro atoms. The minimum atomic E-state index is 0.542. The Morgan fingerprint density at radius 1 is 0.966 bits per heavy atom. The molecule has 0 bridgehead atoms. The van der Waals surface area contributed by atoms with Gasteiger partial charge in [0, 0.05) is 0 Å². The van der Waals surface area contributed by atoms with Crippen molar-refractivity contribution in [1.82, 2.24) is 19.9 Å². The van der Waals surface area contributed by atoms with E-state index in [4.69, 9.17) is 4.98 Å². The van der Waals surface area contributed by atoms with Gasteiger partial charge in [-0.2, -0.15) is 0 Å². The molecule has 0 atom stereocenters. The molecule has 0 unspecified atom stereocenters. The zero-order valence-electron chi connectivity index (χ0n) is 15.6. The summed E-state index contributed by atoms with van der Waals surface area (Å²) in [5.41, 5.74) is 3.91. The molecule has 7 nitrogen and oxygen atoms in total. The van der Waals surface area contributed by atoms with Crippen LogP contribution in [0.25, 0.3) is 11.2 Å². The summed E-state index contributed by atoms with van der Waals surface area (Å²) in [7, 11) is 0. The Morgan fingerprint density at radius 3 is 2.48 bits per heavy atom. The van der Waals surface area contributed by atoms with E-state index in [9.17, 15) is 0 Å². The van der Waals surface area contributed by atoms with Gasteiger partial charge in [-0.15, -0.1) is 0 Å². The predicted molar refractivity (Wildman–Crippen MR) is 123 cm³/mol. The molecule has 0 saturated carbocycles. The molecule has 29 heavy (non-hydrogen) atoms. The van der Waals surface area contributed by atoms with Crippen molar-refractivity contribution >= 4 is 86.8 Å². The van der Waals surface area contributed by atoms with E-state index >= 15 is 0 Å². The summed E-state index contributed by atoms with van der Waals surface area (Å²) in [6, 6.07) is 9.22.